The Morgan fingerprint density at radius 1 is 1.00 bits per heavy atom. The SMILES string of the molecule is Cc1nn(C)cc1CN(C)[C@H](Cc1ccccc1)C1CCN(Cc2ccc3c(c2)OCCO3)CC1. The van der Waals surface area contributed by atoms with Gasteiger partial charge in [-0.2, -0.15) is 5.10 Å². The molecule has 6 heteroatoms. The number of likely N-dealkylation sites (N-methyl/N-ethyl adjacent to an activating group) is 1. The van der Waals surface area contributed by atoms with E-state index in [0.29, 0.717) is 25.2 Å². The maximum Gasteiger partial charge on any atom is 0.161 e. The van der Waals surface area contributed by atoms with Gasteiger partial charge < -0.3 is 9.47 Å². The lowest BCUT2D eigenvalue weighted by Crippen LogP contribution is -2.45. The lowest BCUT2D eigenvalue weighted by atomic mass is 9.84. The lowest BCUT2D eigenvalue weighted by molar-refractivity contribution is 0.0952. The molecule has 0 bridgehead atoms. The van der Waals surface area contributed by atoms with Gasteiger partial charge >= 0.3 is 0 Å². The number of fused-ring (bicyclic) bond motifs is 1. The molecule has 2 aliphatic rings. The molecule has 0 spiro atoms. The second-order valence-electron chi connectivity index (χ2n) is 10.2. The average molecular weight is 475 g/mol. The number of benzene rings is 2. The summed E-state index contributed by atoms with van der Waals surface area (Å²) in [6.07, 6.45) is 5.70. The Labute approximate surface area is 209 Å². The Morgan fingerprint density at radius 2 is 1.74 bits per heavy atom. The molecular formula is C29H38N4O2. The highest BCUT2D eigenvalue weighted by molar-refractivity contribution is 5.43. The van der Waals surface area contributed by atoms with Crippen LogP contribution in [0.2, 0.25) is 0 Å². The molecule has 1 aromatic heterocycles. The Hall–Kier alpha value is -2.83. The first kappa shape index (κ1) is 23.9. The van der Waals surface area contributed by atoms with E-state index in [-0.39, 0.29) is 0 Å². The molecule has 0 unspecified atom stereocenters. The summed E-state index contributed by atoms with van der Waals surface area (Å²) in [5, 5.41) is 4.56. The molecule has 2 aromatic carbocycles. The van der Waals surface area contributed by atoms with Gasteiger partial charge in [-0.25, -0.2) is 0 Å². The fraction of sp³-hybridized carbons (Fsp3) is 0.483. The standard InChI is InChI=1S/C29H38N4O2/c1-22-26(21-32(3)30-22)20-31(2)27(17-23-7-5-4-6-8-23)25-11-13-33(14-12-25)19-24-9-10-28-29(18-24)35-16-15-34-28/h4-10,18,21,25,27H,11-17,19-20H2,1-3H3/t27-/m1/s1. The second kappa shape index (κ2) is 10.8. The van der Waals surface area contributed by atoms with Crippen LogP contribution in [0.5, 0.6) is 11.5 Å². The van der Waals surface area contributed by atoms with E-state index < -0.39 is 0 Å². The molecule has 0 amide bonds. The molecule has 0 aliphatic carbocycles. The minimum atomic E-state index is 0.508. The third-order valence-electron chi connectivity index (χ3n) is 7.58. The number of piperidine rings is 1. The van der Waals surface area contributed by atoms with Crippen molar-refractivity contribution in [2.75, 3.05) is 33.4 Å². The fourth-order valence-corrected chi connectivity index (χ4v) is 5.67. The zero-order valence-corrected chi connectivity index (χ0v) is 21.3. The zero-order valence-electron chi connectivity index (χ0n) is 21.3. The van der Waals surface area contributed by atoms with Gasteiger partial charge in [0.05, 0.1) is 5.69 Å². The van der Waals surface area contributed by atoms with Crippen LogP contribution in [0, 0.1) is 12.8 Å². The summed E-state index contributed by atoms with van der Waals surface area (Å²) >= 11 is 0. The summed E-state index contributed by atoms with van der Waals surface area (Å²) in [6.45, 7) is 7.56. The van der Waals surface area contributed by atoms with Crippen LogP contribution in [-0.4, -0.2) is 59.0 Å². The minimum Gasteiger partial charge on any atom is -0.486 e. The zero-order chi connectivity index (χ0) is 24.2. The van der Waals surface area contributed by atoms with Crippen molar-refractivity contribution in [3.8, 4) is 11.5 Å². The van der Waals surface area contributed by atoms with Crippen molar-refractivity contribution >= 4 is 0 Å². The van der Waals surface area contributed by atoms with E-state index >= 15 is 0 Å². The van der Waals surface area contributed by atoms with Crippen LogP contribution in [-0.2, 0) is 26.6 Å². The molecule has 1 saturated heterocycles. The molecule has 6 nitrogen and oxygen atoms in total. The van der Waals surface area contributed by atoms with Crippen LogP contribution in [0.1, 0.15) is 35.2 Å². The van der Waals surface area contributed by atoms with Crippen LogP contribution < -0.4 is 9.47 Å². The third kappa shape index (κ3) is 5.88. The summed E-state index contributed by atoms with van der Waals surface area (Å²) in [7, 11) is 4.30. The normalized spacial score (nSPS) is 17.6. The predicted molar refractivity (Wildman–Crippen MR) is 139 cm³/mol. The van der Waals surface area contributed by atoms with Crippen molar-refractivity contribution in [3.05, 3.63) is 77.1 Å². The van der Waals surface area contributed by atoms with Crippen molar-refractivity contribution < 1.29 is 9.47 Å². The first-order valence-corrected chi connectivity index (χ1v) is 12.9. The Morgan fingerprint density at radius 3 is 2.46 bits per heavy atom. The summed E-state index contributed by atoms with van der Waals surface area (Å²) in [4.78, 5) is 5.16. The van der Waals surface area contributed by atoms with Crippen LogP contribution in [0.15, 0.2) is 54.7 Å². The summed E-state index contributed by atoms with van der Waals surface area (Å²) < 4.78 is 13.4. The van der Waals surface area contributed by atoms with Crippen molar-refractivity contribution in [1.29, 1.82) is 0 Å². The smallest absolute Gasteiger partial charge is 0.161 e. The van der Waals surface area contributed by atoms with Crippen LogP contribution in [0.3, 0.4) is 0 Å². The minimum absolute atomic E-state index is 0.508. The molecule has 186 valence electrons. The quantitative estimate of drug-likeness (QED) is 0.482. The van der Waals surface area contributed by atoms with Crippen LogP contribution >= 0.6 is 0 Å². The fourth-order valence-electron chi connectivity index (χ4n) is 5.67. The largest absolute Gasteiger partial charge is 0.486 e. The number of aryl methyl sites for hydroxylation is 2. The van der Waals surface area contributed by atoms with Gasteiger partial charge in [-0.15, -0.1) is 0 Å². The number of rotatable bonds is 8. The molecule has 1 atom stereocenters. The molecule has 0 saturated carbocycles. The topological polar surface area (TPSA) is 42.8 Å². The monoisotopic (exact) mass is 474 g/mol. The molecular weight excluding hydrogens is 436 g/mol. The number of hydrogen-bond acceptors (Lipinski definition) is 5. The average Bonchev–Trinajstić information content (AvgIpc) is 3.19. The number of nitrogens with zero attached hydrogens (tertiary/aromatic N) is 4. The maximum absolute atomic E-state index is 5.79. The number of likely N-dealkylation sites (tertiary alicyclic amines) is 1. The number of ether oxygens (including phenoxy) is 2. The van der Waals surface area contributed by atoms with E-state index in [2.05, 4.69) is 83.6 Å². The van der Waals surface area contributed by atoms with E-state index in [1.54, 1.807) is 0 Å². The highest BCUT2D eigenvalue weighted by Crippen LogP contribution is 2.32. The van der Waals surface area contributed by atoms with Gasteiger partial charge in [-0.1, -0.05) is 36.4 Å². The molecule has 35 heavy (non-hydrogen) atoms. The highest BCUT2D eigenvalue weighted by Gasteiger charge is 2.30. The van der Waals surface area contributed by atoms with Crippen molar-refractivity contribution in [3.63, 3.8) is 0 Å². The van der Waals surface area contributed by atoms with Crippen LogP contribution in [0.25, 0.3) is 0 Å². The molecule has 0 radical (unpaired) electrons. The number of hydrogen-bond donors (Lipinski definition) is 0. The van der Waals surface area contributed by atoms with Crippen molar-refractivity contribution in [2.45, 2.75) is 45.3 Å². The second-order valence-corrected chi connectivity index (χ2v) is 10.2. The predicted octanol–water partition coefficient (Wildman–Crippen LogP) is 4.46. The first-order valence-electron chi connectivity index (χ1n) is 12.9. The molecule has 3 aromatic rings. The van der Waals surface area contributed by atoms with Gasteiger partial charge in [-0.3, -0.25) is 14.5 Å². The molecule has 2 aliphatic heterocycles. The Balaban J connectivity index is 1.24. The van der Waals surface area contributed by atoms with E-state index in [1.165, 1.54) is 29.5 Å². The van der Waals surface area contributed by atoms with Crippen molar-refractivity contribution in [1.82, 2.24) is 19.6 Å². The molecule has 5 rings (SSSR count). The summed E-state index contributed by atoms with van der Waals surface area (Å²) in [5.74, 6) is 2.43. The molecule has 3 heterocycles. The number of aromatic nitrogens is 2. The Kier molecular flexibility index (Phi) is 7.40. The lowest BCUT2D eigenvalue weighted by Gasteiger charge is -2.40. The summed E-state index contributed by atoms with van der Waals surface area (Å²) in [5.41, 5.74) is 5.18. The van der Waals surface area contributed by atoms with Gasteiger partial charge in [0.15, 0.2) is 11.5 Å². The maximum atomic E-state index is 5.79. The first-order chi connectivity index (χ1) is 17.0. The molecule has 1 fully saturated rings. The van der Waals surface area contributed by atoms with E-state index in [0.717, 1.165) is 49.8 Å². The van der Waals surface area contributed by atoms with E-state index in [9.17, 15) is 0 Å². The van der Waals surface area contributed by atoms with Gasteiger partial charge in [0.25, 0.3) is 0 Å². The van der Waals surface area contributed by atoms with E-state index in [1.807, 2.05) is 11.7 Å². The van der Waals surface area contributed by atoms with Gasteiger partial charge in [-0.05, 0) is 75.5 Å². The van der Waals surface area contributed by atoms with Gasteiger partial charge in [0, 0.05) is 37.9 Å². The molecule has 0 N–H and O–H groups in total. The van der Waals surface area contributed by atoms with E-state index in [4.69, 9.17) is 9.47 Å². The van der Waals surface area contributed by atoms with Crippen molar-refractivity contribution in [2.24, 2.45) is 13.0 Å². The Bertz CT molecular complexity index is 1110. The third-order valence-corrected chi connectivity index (χ3v) is 7.58. The highest BCUT2D eigenvalue weighted by atomic mass is 16.6. The summed E-state index contributed by atoms with van der Waals surface area (Å²) in [6, 6.07) is 17.9. The van der Waals surface area contributed by atoms with Gasteiger partial charge in [0.1, 0.15) is 13.2 Å². The van der Waals surface area contributed by atoms with Crippen LogP contribution in [0.4, 0.5) is 0 Å². The van der Waals surface area contributed by atoms with Gasteiger partial charge in [0.2, 0.25) is 0 Å².